The second-order valence-corrected chi connectivity index (χ2v) is 5.85. The van der Waals surface area contributed by atoms with Crippen LogP contribution < -0.4 is 4.74 Å². The summed E-state index contributed by atoms with van der Waals surface area (Å²) in [5, 5.41) is 0. The molecule has 26 heavy (non-hydrogen) atoms. The smallest absolute Gasteiger partial charge is 0.344 e. The van der Waals surface area contributed by atoms with Crippen molar-refractivity contribution in [1.82, 2.24) is 4.90 Å². The Hall–Kier alpha value is -3.15. The van der Waals surface area contributed by atoms with E-state index in [1.165, 1.54) is 0 Å². The summed E-state index contributed by atoms with van der Waals surface area (Å²) in [7, 11) is 0. The molecule has 0 unspecified atom stereocenters. The van der Waals surface area contributed by atoms with Crippen molar-refractivity contribution in [2.45, 2.75) is 12.8 Å². The van der Waals surface area contributed by atoms with E-state index in [1.807, 2.05) is 48.5 Å². The molecule has 3 rings (SSSR count). The average molecular weight is 353 g/mol. The third kappa shape index (κ3) is 4.27. The van der Waals surface area contributed by atoms with Crippen LogP contribution in [0.2, 0.25) is 0 Å². The number of hydrogen-bond acceptors (Lipinski definition) is 5. The maximum atomic E-state index is 11.9. The van der Waals surface area contributed by atoms with E-state index in [0.717, 1.165) is 16.0 Å². The number of para-hydroxylation sites is 1. The van der Waals surface area contributed by atoms with E-state index >= 15 is 0 Å². The first-order valence-corrected chi connectivity index (χ1v) is 8.41. The molecule has 1 aliphatic heterocycles. The van der Waals surface area contributed by atoms with E-state index < -0.39 is 18.5 Å². The largest absolute Gasteiger partial charge is 0.481 e. The molecule has 2 aromatic carbocycles. The van der Waals surface area contributed by atoms with Gasteiger partial charge >= 0.3 is 5.97 Å². The fourth-order valence-electron chi connectivity index (χ4n) is 2.76. The number of rotatable bonds is 6. The zero-order valence-corrected chi connectivity index (χ0v) is 14.2. The van der Waals surface area contributed by atoms with Crippen molar-refractivity contribution in [1.29, 1.82) is 0 Å². The summed E-state index contributed by atoms with van der Waals surface area (Å²) >= 11 is 0. The van der Waals surface area contributed by atoms with Crippen LogP contribution in [0.5, 0.6) is 5.75 Å². The summed E-state index contributed by atoms with van der Waals surface area (Å²) < 4.78 is 10.5. The Bertz CT molecular complexity index is 803. The highest BCUT2D eigenvalue weighted by atomic mass is 16.6. The fraction of sp³-hybridized carbons (Fsp3) is 0.250. The quantitative estimate of drug-likeness (QED) is 0.746. The van der Waals surface area contributed by atoms with Crippen LogP contribution in [0.4, 0.5) is 0 Å². The van der Waals surface area contributed by atoms with E-state index in [1.54, 1.807) is 6.07 Å². The lowest BCUT2D eigenvalue weighted by Gasteiger charge is -2.14. The summed E-state index contributed by atoms with van der Waals surface area (Å²) in [4.78, 5) is 36.3. The molecule has 1 fully saturated rings. The van der Waals surface area contributed by atoms with Gasteiger partial charge in [0.15, 0.2) is 13.2 Å². The molecular weight excluding hydrogens is 334 g/mol. The number of hydrogen-bond donors (Lipinski definition) is 0. The first-order chi connectivity index (χ1) is 12.6. The number of nitrogens with zero attached hydrogens (tertiary/aromatic N) is 1. The maximum Gasteiger partial charge on any atom is 0.344 e. The summed E-state index contributed by atoms with van der Waals surface area (Å²) in [5.41, 5.74) is 1.83. The lowest BCUT2D eigenvalue weighted by molar-refractivity contribution is -0.155. The Kier molecular flexibility index (Phi) is 5.63. The van der Waals surface area contributed by atoms with Crippen molar-refractivity contribution < 1.29 is 23.9 Å². The van der Waals surface area contributed by atoms with Crippen LogP contribution >= 0.6 is 0 Å². The Labute approximate surface area is 151 Å². The van der Waals surface area contributed by atoms with E-state index in [-0.39, 0.29) is 12.5 Å². The first-order valence-electron chi connectivity index (χ1n) is 8.41. The van der Waals surface area contributed by atoms with Crippen molar-refractivity contribution >= 4 is 17.8 Å². The zero-order valence-electron chi connectivity index (χ0n) is 14.2. The minimum Gasteiger partial charge on any atom is -0.481 e. The molecular formula is C20H19NO5. The Morgan fingerprint density at radius 3 is 2.42 bits per heavy atom. The molecule has 6 heteroatoms. The second kappa shape index (κ2) is 8.29. The van der Waals surface area contributed by atoms with Gasteiger partial charge in [-0.2, -0.15) is 0 Å². The third-order valence-corrected chi connectivity index (χ3v) is 4.05. The van der Waals surface area contributed by atoms with Gasteiger partial charge in [0.1, 0.15) is 5.75 Å². The monoisotopic (exact) mass is 353 g/mol. The van der Waals surface area contributed by atoms with Gasteiger partial charge < -0.3 is 9.47 Å². The number of benzene rings is 2. The van der Waals surface area contributed by atoms with Crippen LogP contribution in [0.15, 0.2) is 54.6 Å². The Morgan fingerprint density at radius 1 is 0.962 bits per heavy atom. The van der Waals surface area contributed by atoms with Gasteiger partial charge in [-0.15, -0.1) is 0 Å². The molecule has 0 aromatic heterocycles. The van der Waals surface area contributed by atoms with Gasteiger partial charge in [0.2, 0.25) is 5.91 Å². The normalized spacial score (nSPS) is 13.5. The molecule has 0 N–H and O–H groups in total. The molecule has 6 nitrogen and oxygen atoms in total. The van der Waals surface area contributed by atoms with Crippen molar-refractivity contribution in [3.8, 4) is 16.9 Å². The number of esters is 1. The predicted molar refractivity (Wildman–Crippen MR) is 94.3 cm³/mol. The van der Waals surface area contributed by atoms with Crippen molar-refractivity contribution in [3.63, 3.8) is 0 Å². The molecule has 0 aliphatic carbocycles. The SMILES string of the molecule is O=C(COc1ccccc1-c1ccccc1)OCC(=O)N1CCCC1=O. The molecule has 0 bridgehead atoms. The highest BCUT2D eigenvalue weighted by Gasteiger charge is 2.27. The van der Waals surface area contributed by atoms with Crippen molar-refractivity contribution in [2.75, 3.05) is 19.8 Å². The van der Waals surface area contributed by atoms with E-state index in [4.69, 9.17) is 9.47 Å². The van der Waals surface area contributed by atoms with Crippen LogP contribution in [0.25, 0.3) is 11.1 Å². The molecule has 2 amide bonds. The minimum atomic E-state index is -0.659. The van der Waals surface area contributed by atoms with E-state index in [9.17, 15) is 14.4 Å². The molecule has 2 aromatic rings. The zero-order chi connectivity index (χ0) is 18.4. The molecule has 0 spiro atoms. The molecule has 1 aliphatic rings. The van der Waals surface area contributed by atoms with Gasteiger partial charge in [0, 0.05) is 18.5 Å². The highest BCUT2D eigenvalue weighted by molar-refractivity contribution is 5.97. The fourth-order valence-corrected chi connectivity index (χ4v) is 2.76. The van der Waals surface area contributed by atoms with Gasteiger partial charge in [-0.05, 0) is 18.1 Å². The average Bonchev–Trinajstić information content (AvgIpc) is 3.11. The molecule has 1 saturated heterocycles. The van der Waals surface area contributed by atoms with Crippen LogP contribution in [0.3, 0.4) is 0 Å². The summed E-state index contributed by atoms with van der Waals surface area (Å²) in [6.45, 7) is -0.379. The summed E-state index contributed by atoms with van der Waals surface area (Å²) in [5.74, 6) is -0.825. The van der Waals surface area contributed by atoms with Crippen LogP contribution in [-0.2, 0) is 19.1 Å². The molecule has 134 valence electrons. The van der Waals surface area contributed by atoms with Gasteiger partial charge in [-0.1, -0.05) is 48.5 Å². The summed E-state index contributed by atoms with van der Waals surface area (Å²) in [6, 6.07) is 17.0. The number of likely N-dealkylation sites (tertiary alicyclic amines) is 1. The number of imide groups is 1. The number of carbonyl (C=O) groups excluding carboxylic acids is 3. The number of carbonyl (C=O) groups is 3. The summed E-state index contributed by atoms with van der Waals surface area (Å²) in [6.07, 6.45) is 1.01. The minimum absolute atomic E-state index is 0.223. The van der Waals surface area contributed by atoms with Gasteiger partial charge in [-0.25, -0.2) is 4.79 Å². The number of ether oxygens (including phenoxy) is 2. The molecule has 1 heterocycles. The molecule has 0 atom stereocenters. The first kappa shape index (κ1) is 17.7. The Balaban J connectivity index is 1.54. The van der Waals surface area contributed by atoms with E-state index in [2.05, 4.69) is 0 Å². The lowest BCUT2D eigenvalue weighted by Crippen LogP contribution is -2.35. The maximum absolute atomic E-state index is 11.9. The second-order valence-electron chi connectivity index (χ2n) is 5.85. The van der Waals surface area contributed by atoms with Gasteiger partial charge in [0.05, 0.1) is 0 Å². The highest BCUT2D eigenvalue weighted by Crippen LogP contribution is 2.29. The van der Waals surface area contributed by atoms with Crippen molar-refractivity contribution in [2.24, 2.45) is 0 Å². The van der Waals surface area contributed by atoms with Crippen LogP contribution in [-0.4, -0.2) is 42.4 Å². The lowest BCUT2D eigenvalue weighted by atomic mass is 10.1. The Morgan fingerprint density at radius 2 is 1.69 bits per heavy atom. The van der Waals surface area contributed by atoms with Gasteiger partial charge in [0.25, 0.3) is 5.91 Å². The molecule has 0 saturated carbocycles. The number of amides is 2. The topological polar surface area (TPSA) is 72.9 Å². The van der Waals surface area contributed by atoms with Crippen LogP contribution in [0, 0.1) is 0 Å². The van der Waals surface area contributed by atoms with Crippen LogP contribution in [0.1, 0.15) is 12.8 Å². The van der Waals surface area contributed by atoms with Crippen molar-refractivity contribution in [3.05, 3.63) is 54.6 Å². The van der Waals surface area contributed by atoms with Gasteiger partial charge in [-0.3, -0.25) is 14.5 Å². The predicted octanol–water partition coefficient (Wildman–Crippen LogP) is 2.42. The third-order valence-electron chi connectivity index (χ3n) is 4.05. The standard InChI is InChI=1S/C20H19NO5/c22-18-11-6-12-21(18)19(23)13-26-20(24)14-25-17-10-5-4-9-16(17)15-7-2-1-3-8-15/h1-5,7-10H,6,11-14H2. The van der Waals surface area contributed by atoms with E-state index in [0.29, 0.717) is 25.1 Å². The molecule has 0 radical (unpaired) electrons.